The van der Waals surface area contributed by atoms with Crippen LogP contribution in [0.4, 0.5) is 0 Å². The summed E-state index contributed by atoms with van der Waals surface area (Å²) in [4.78, 5) is 7.67. The molecule has 2 unspecified atom stereocenters. The minimum Gasteiger partial charge on any atom is -0.349 e. The van der Waals surface area contributed by atoms with Gasteiger partial charge < -0.3 is 4.98 Å². The van der Waals surface area contributed by atoms with Gasteiger partial charge in [0.05, 0.1) is 4.08 Å². The van der Waals surface area contributed by atoms with Crippen LogP contribution >= 0.6 is 23.5 Å². The summed E-state index contributed by atoms with van der Waals surface area (Å²) in [6.07, 6.45) is 11.6. The lowest BCUT2D eigenvalue weighted by Gasteiger charge is -2.39. The van der Waals surface area contributed by atoms with Crippen molar-refractivity contribution in [2.75, 3.05) is 5.75 Å². The first-order valence-electron chi connectivity index (χ1n) is 7.08. The number of H-pyrrole nitrogens is 1. The molecule has 18 heavy (non-hydrogen) atoms. The smallest absolute Gasteiger partial charge is 0.108 e. The van der Waals surface area contributed by atoms with Gasteiger partial charge in [-0.15, -0.1) is 23.5 Å². The number of hydrogen-bond acceptors (Lipinski definition) is 3. The Morgan fingerprint density at radius 2 is 2.39 bits per heavy atom. The van der Waals surface area contributed by atoms with Gasteiger partial charge in [-0.3, -0.25) is 0 Å². The first-order valence-corrected chi connectivity index (χ1v) is 8.94. The van der Waals surface area contributed by atoms with E-state index in [1.165, 1.54) is 37.9 Å². The summed E-state index contributed by atoms with van der Waals surface area (Å²) in [5, 5.41) is 0.862. The van der Waals surface area contributed by atoms with Gasteiger partial charge in [0, 0.05) is 24.1 Å². The van der Waals surface area contributed by atoms with Crippen LogP contribution in [-0.4, -0.2) is 25.0 Å². The Morgan fingerprint density at radius 3 is 3.06 bits per heavy atom. The number of nitrogens with zero attached hydrogens (tertiary/aromatic N) is 1. The van der Waals surface area contributed by atoms with Gasteiger partial charge in [0.15, 0.2) is 0 Å². The number of aromatic amines is 1. The summed E-state index contributed by atoms with van der Waals surface area (Å²) < 4.78 is 0.356. The summed E-state index contributed by atoms with van der Waals surface area (Å²) in [5.74, 6) is 2.46. The van der Waals surface area contributed by atoms with E-state index in [0.717, 1.165) is 17.5 Å². The van der Waals surface area contributed by atoms with Crippen LogP contribution in [0.1, 0.15) is 51.8 Å². The number of unbranched alkanes of at least 4 members (excludes halogenated alkanes) is 1. The molecule has 102 valence electrons. The molecule has 2 rings (SSSR count). The van der Waals surface area contributed by atoms with E-state index < -0.39 is 0 Å². The maximum atomic E-state index is 4.41. The van der Waals surface area contributed by atoms with Crippen LogP contribution in [0.2, 0.25) is 0 Å². The Balaban J connectivity index is 1.97. The second-order valence-electron chi connectivity index (χ2n) is 5.00. The predicted molar refractivity (Wildman–Crippen MR) is 83.3 cm³/mol. The van der Waals surface area contributed by atoms with Gasteiger partial charge in [-0.2, -0.15) is 0 Å². The van der Waals surface area contributed by atoms with E-state index in [0.29, 0.717) is 4.08 Å². The number of imidazole rings is 1. The molecule has 0 radical (unpaired) electrons. The lowest BCUT2D eigenvalue weighted by atomic mass is 10.1. The highest BCUT2D eigenvalue weighted by molar-refractivity contribution is 8.19. The molecule has 1 aromatic heterocycles. The topological polar surface area (TPSA) is 28.7 Å². The monoisotopic (exact) mass is 284 g/mol. The zero-order chi connectivity index (χ0) is 12.8. The molecule has 0 saturated carbocycles. The average Bonchev–Trinajstić information content (AvgIpc) is 2.89. The van der Waals surface area contributed by atoms with E-state index in [1.807, 2.05) is 12.4 Å². The lowest BCUT2D eigenvalue weighted by Crippen LogP contribution is -2.31. The van der Waals surface area contributed by atoms with E-state index in [-0.39, 0.29) is 0 Å². The van der Waals surface area contributed by atoms with Crippen molar-refractivity contribution in [3.05, 3.63) is 18.2 Å². The Kier molecular flexibility index (Phi) is 5.49. The highest BCUT2D eigenvalue weighted by atomic mass is 32.2. The maximum absolute atomic E-state index is 4.41. The van der Waals surface area contributed by atoms with E-state index in [1.54, 1.807) is 0 Å². The minimum absolute atomic E-state index is 0.356. The van der Waals surface area contributed by atoms with E-state index >= 15 is 0 Å². The summed E-state index contributed by atoms with van der Waals surface area (Å²) in [6.45, 7) is 4.61. The standard InChI is InChI=1S/C14H24N2S2/c1-3-5-6-12-7-10-17-14(4-2,18-12)11-13-15-8-9-16-13/h8-9,12H,3-7,10-11H2,1-2H3,(H,15,16). The molecule has 1 N–H and O–H groups in total. The van der Waals surface area contributed by atoms with Crippen molar-refractivity contribution >= 4 is 23.5 Å². The third-order valence-corrected chi connectivity index (χ3v) is 7.30. The quantitative estimate of drug-likeness (QED) is 0.834. The fourth-order valence-electron chi connectivity index (χ4n) is 2.46. The lowest BCUT2D eigenvalue weighted by molar-refractivity contribution is 0.646. The molecule has 0 spiro atoms. The highest BCUT2D eigenvalue weighted by Crippen LogP contribution is 2.50. The van der Waals surface area contributed by atoms with Crippen LogP contribution in [0.25, 0.3) is 0 Å². The molecule has 0 amide bonds. The zero-order valence-electron chi connectivity index (χ0n) is 11.4. The van der Waals surface area contributed by atoms with Crippen LogP contribution in [0, 0.1) is 0 Å². The van der Waals surface area contributed by atoms with Gasteiger partial charge in [-0.05, 0) is 25.0 Å². The fourth-order valence-corrected chi connectivity index (χ4v) is 6.27. The van der Waals surface area contributed by atoms with Crippen LogP contribution in [0.5, 0.6) is 0 Å². The van der Waals surface area contributed by atoms with Crippen LogP contribution in [-0.2, 0) is 6.42 Å². The normalized spacial score (nSPS) is 28.4. The van der Waals surface area contributed by atoms with Crippen LogP contribution in [0.15, 0.2) is 12.4 Å². The Labute approximate surface area is 119 Å². The molecule has 1 aliphatic heterocycles. The van der Waals surface area contributed by atoms with Crippen molar-refractivity contribution in [3.8, 4) is 0 Å². The number of hydrogen-bond donors (Lipinski definition) is 1. The number of nitrogens with one attached hydrogen (secondary N) is 1. The molecule has 0 aromatic carbocycles. The largest absolute Gasteiger partial charge is 0.349 e. The molecular formula is C14H24N2S2. The van der Waals surface area contributed by atoms with Crippen molar-refractivity contribution in [2.45, 2.75) is 61.7 Å². The highest BCUT2D eigenvalue weighted by Gasteiger charge is 2.36. The Morgan fingerprint density at radius 1 is 1.50 bits per heavy atom. The molecule has 1 fully saturated rings. The number of thioether (sulfide) groups is 2. The van der Waals surface area contributed by atoms with E-state index in [2.05, 4.69) is 47.3 Å². The molecule has 2 nitrogen and oxygen atoms in total. The third kappa shape index (κ3) is 3.70. The molecule has 0 aliphatic carbocycles. The molecule has 2 atom stereocenters. The number of rotatable bonds is 6. The third-order valence-electron chi connectivity index (χ3n) is 3.60. The van der Waals surface area contributed by atoms with Gasteiger partial charge in [0.1, 0.15) is 5.82 Å². The van der Waals surface area contributed by atoms with E-state index in [4.69, 9.17) is 0 Å². The maximum Gasteiger partial charge on any atom is 0.108 e. The molecule has 4 heteroatoms. The summed E-state index contributed by atoms with van der Waals surface area (Å²) in [7, 11) is 0. The number of aromatic nitrogens is 2. The first-order chi connectivity index (χ1) is 8.78. The molecule has 0 bridgehead atoms. The van der Waals surface area contributed by atoms with Crippen molar-refractivity contribution < 1.29 is 0 Å². The van der Waals surface area contributed by atoms with Crippen molar-refractivity contribution in [1.29, 1.82) is 0 Å². The van der Waals surface area contributed by atoms with Gasteiger partial charge >= 0.3 is 0 Å². The molecule has 1 saturated heterocycles. The average molecular weight is 284 g/mol. The first kappa shape index (κ1) is 14.3. The molecular weight excluding hydrogens is 260 g/mol. The van der Waals surface area contributed by atoms with Crippen LogP contribution in [0.3, 0.4) is 0 Å². The second-order valence-corrected chi connectivity index (χ2v) is 8.42. The SMILES string of the molecule is CCCCC1CCSC(CC)(Cc2ncc[nH]2)S1. The van der Waals surface area contributed by atoms with E-state index in [9.17, 15) is 0 Å². The summed E-state index contributed by atoms with van der Waals surface area (Å²) in [5.41, 5.74) is 0. The Bertz CT molecular complexity index is 340. The second kappa shape index (κ2) is 6.90. The van der Waals surface area contributed by atoms with Gasteiger partial charge in [-0.1, -0.05) is 26.7 Å². The van der Waals surface area contributed by atoms with Crippen molar-refractivity contribution in [1.82, 2.24) is 9.97 Å². The Hall–Kier alpha value is -0.0900. The van der Waals surface area contributed by atoms with Crippen molar-refractivity contribution in [3.63, 3.8) is 0 Å². The van der Waals surface area contributed by atoms with Crippen LogP contribution < -0.4 is 0 Å². The van der Waals surface area contributed by atoms with Crippen molar-refractivity contribution in [2.24, 2.45) is 0 Å². The summed E-state index contributed by atoms with van der Waals surface area (Å²) in [6, 6.07) is 0. The minimum atomic E-state index is 0.356. The van der Waals surface area contributed by atoms with Gasteiger partial charge in [0.25, 0.3) is 0 Å². The predicted octanol–water partition coefficient (Wildman–Crippen LogP) is 4.49. The van der Waals surface area contributed by atoms with Gasteiger partial charge in [0.2, 0.25) is 0 Å². The summed E-state index contributed by atoms with van der Waals surface area (Å²) >= 11 is 4.37. The van der Waals surface area contributed by atoms with Gasteiger partial charge in [-0.25, -0.2) is 4.98 Å². The zero-order valence-corrected chi connectivity index (χ0v) is 13.1. The molecule has 1 aromatic rings. The fraction of sp³-hybridized carbons (Fsp3) is 0.786. The molecule has 2 heterocycles. The molecule has 1 aliphatic rings.